The molecule has 1 aromatic carbocycles. The smallest absolute Gasteiger partial charge is 0.191 e. The van der Waals surface area contributed by atoms with Crippen molar-refractivity contribution in [2.75, 3.05) is 7.05 Å². The standard InChI is InChI=1S/C13H20FN3.HI/c1-4-10(2)17-13(15-3)16-9-11-5-7-12(14)8-6-11;/h5-8,10H,4,9H2,1-3H3,(H2,15,16,17);1H. The molecule has 0 fully saturated rings. The van der Waals surface area contributed by atoms with Crippen LogP contribution in [-0.2, 0) is 6.54 Å². The zero-order valence-corrected chi connectivity index (χ0v) is 13.4. The summed E-state index contributed by atoms with van der Waals surface area (Å²) in [4.78, 5) is 4.13. The molecule has 0 aliphatic carbocycles. The monoisotopic (exact) mass is 365 g/mol. The van der Waals surface area contributed by atoms with E-state index in [9.17, 15) is 4.39 Å². The molecule has 0 amide bonds. The van der Waals surface area contributed by atoms with Gasteiger partial charge in [-0.1, -0.05) is 19.1 Å². The van der Waals surface area contributed by atoms with Crippen molar-refractivity contribution in [3.8, 4) is 0 Å². The minimum absolute atomic E-state index is 0. The highest BCUT2D eigenvalue weighted by Crippen LogP contribution is 2.01. The number of halogens is 2. The van der Waals surface area contributed by atoms with Crippen LogP contribution in [0.15, 0.2) is 29.3 Å². The highest BCUT2D eigenvalue weighted by Gasteiger charge is 2.02. The highest BCUT2D eigenvalue weighted by atomic mass is 127. The van der Waals surface area contributed by atoms with Gasteiger partial charge in [0.15, 0.2) is 5.96 Å². The second-order valence-electron chi connectivity index (χ2n) is 4.01. The fourth-order valence-electron chi connectivity index (χ4n) is 1.32. The normalized spacial score (nSPS) is 12.6. The Morgan fingerprint density at radius 1 is 1.33 bits per heavy atom. The number of aliphatic imine (C=N–C) groups is 1. The number of hydrogen-bond donors (Lipinski definition) is 2. The van der Waals surface area contributed by atoms with E-state index in [1.54, 1.807) is 19.2 Å². The number of benzene rings is 1. The maximum Gasteiger partial charge on any atom is 0.191 e. The molecule has 0 aromatic heterocycles. The minimum atomic E-state index is -0.212. The first-order valence-corrected chi connectivity index (χ1v) is 5.87. The molecule has 0 spiro atoms. The van der Waals surface area contributed by atoms with E-state index in [1.807, 2.05) is 0 Å². The molecule has 1 unspecified atom stereocenters. The summed E-state index contributed by atoms with van der Waals surface area (Å²) in [6.45, 7) is 4.85. The lowest BCUT2D eigenvalue weighted by Crippen LogP contribution is -2.41. The van der Waals surface area contributed by atoms with E-state index in [2.05, 4.69) is 29.5 Å². The first kappa shape index (κ1) is 17.2. The Morgan fingerprint density at radius 3 is 2.44 bits per heavy atom. The lowest BCUT2D eigenvalue weighted by Gasteiger charge is -2.16. The van der Waals surface area contributed by atoms with Gasteiger partial charge >= 0.3 is 0 Å². The number of nitrogens with one attached hydrogen (secondary N) is 2. The molecule has 18 heavy (non-hydrogen) atoms. The van der Waals surface area contributed by atoms with E-state index in [0.717, 1.165) is 17.9 Å². The van der Waals surface area contributed by atoms with Gasteiger partial charge < -0.3 is 10.6 Å². The Kier molecular flexibility index (Phi) is 8.70. The summed E-state index contributed by atoms with van der Waals surface area (Å²) >= 11 is 0. The first-order chi connectivity index (χ1) is 8.15. The zero-order valence-electron chi connectivity index (χ0n) is 11.0. The molecule has 0 radical (unpaired) electrons. The number of guanidine groups is 1. The Morgan fingerprint density at radius 2 is 1.94 bits per heavy atom. The maximum atomic E-state index is 12.7. The third-order valence-corrected chi connectivity index (χ3v) is 2.59. The molecule has 0 saturated heterocycles. The predicted octanol–water partition coefficient (Wildman–Crippen LogP) is 2.91. The molecule has 0 aliphatic rings. The Labute approximate surface area is 125 Å². The fourth-order valence-corrected chi connectivity index (χ4v) is 1.32. The lowest BCUT2D eigenvalue weighted by atomic mass is 10.2. The molecule has 0 saturated carbocycles. The van der Waals surface area contributed by atoms with Gasteiger partial charge in [-0.2, -0.15) is 0 Å². The molecular weight excluding hydrogens is 344 g/mol. The van der Waals surface area contributed by atoms with Crippen molar-refractivity contribution in [3.05, 3.63) is 35.6 Å². The quantitative estimate of drug-likeness (QED) is 0.489. The minimum Gasteiger partial charge on any atom is -0.354 e. The van der Waals surface area contributed by atoms with Gasteiger partial charge in [-0.15, -0.1) is 24.0 Å². The van der Waals surface area contributed by atoms with Crippen LogP contribution in [0.5, 0.6) is 0 Å². The van der Waals surface area contributed by atoms with Crippen LogP contribution in [0, 0.1) is 5.82 Å². The van der Waals surface area contributed by atoms with Crippen molar-refractivity contribution in [1.82, 2.24) is 10.6 Å². The summed E-state index contributed by atoms with van der Waals surface area (Å²) in [7, 11) is 1.74. The summed E-state index contributed by atoms with van der Waals surface area (Å²) in [6, 6.07) is 6.83. The van der Waals surface area contributed by atoms with Crippen molar-refractivity contribution in [3.63, 3.8) is 0 Å². The van der Waals surface area contributed by atoms with E-state index < -0.39 is 0 Å². The summed E-state index contributed by atoms with van der Waals surface area (Å²) in [5, 5.41) is 6.45. The van der Waals surface area contributed by atoms with Crippen LogP contribution in [0.2, 0.25) is 0 Å². The van der Waals surface area contributed by atoms with Crippen LogP contribution in [-0.4, -0.2) is 19.0 Å². The number of hydrogen-bond acceptors (Lipinski definition) is 1. The third-order valence-electron chi connectivity index (χ3n) is 2.59. The van der Waals surface area contributed by atoms with Crippen LogP contribution >= 0.6 is 24.0 Å². The molecule has 1 rings (SSSR count). The summed E-state index contributed by atoms with van der Waals surface area (Å²) in [5.74, 6) is 0.555. The molecule has 5 heteroatoms. The lowest BCUT2D eigenvalue weighted by molar-refractivity contribution is 0.621. The van der Waals surface area contributed by atoms with E-state index in [-0.39, 0.29) is 29.8 Å². The van der Waals surface area contributed by atoms with Crippen LogP contribution in [0.4, 0.5) is 4.39 Å². The van der Waals surface area contributed by atoms with E-state index >= 15 is 0 Å². The predicted molar refractivity (Wildman–Crippen MR) is 84.9 cm³/mol. The molecule has 3 nitrogen and oxygen atoms in total. The second kappa shape index (κ2) is 9.13. The van der Waals surface area contributed by atoms with Gasteiger partial charge in [0, 0.05) is 19.6 Å². The molecule has 2 N–H and O–H groups in total. The van der Waals surface area contributed by atoms with Gasteiger partial charge in [-0.25, -0.2) is 4.39 Å². The van der Waals surface area contributed by atoms with E-state index in [0.29, 0.717) is 12.6 Å². The van der Waals surface area contributed by atoms with Crippen LogP contribution in [0.3, 0.4) is 0 Å². The summed E-state index contributed by atoms with van der Waals surface area (Å²) in [6.07, 6.45) is 1.04. The average Bonchev–Trinajstić information content (AvgIpc) is 2.36. The zero-order chi connectivity index (χ0) is 12.7. The first-order valence-electron chi connectivity index (χ1n) is 5.87. The molecule has 102 valence electrons. The Hall–Kier alpha value is -0.850. The van der Waals surface area contributed by atoms with Crippen molar-refractivity contribution >= 4 is 29.9 Å². The molecule has 0 aliphatic heterocycles. The molecule has 0 heterocycles. The van der Waals surface area contributed by atoms with Gasteiger partial charge in [0.25, 0.3) is 0 Å². The van der Waals surface area contributed by atoms with Crippen LogP contribution < -0.4 is 10.6 Å². The summed E-state index contributed by atoms with van der Waals surface area (Å²) < 4.78 is 12.7. The molecule has 1 aromatic rings. The van der Waals surface area contributed by atoms with Crippen LogP contribution in [0.25, 0.3) is 0 Å². The second-order valence-corrected chi connectivity index (χ2v) is 4.01. The SMILES string of the molecule is CCC(C)NC(=NC)NCc1ccc(F)cc1.I. The average molecular weight is 365 g/mol. The van der Waals surface area contributed by atoms with Gasteiger partial charge in [-0.05, 0) is 31.0 Å². The number of rotatable bonds is 4. The Bertz CT molecular complexity index is 365. The molecular formula is C13H21FIN3. The van der Waals surface area contributed by atoms with Crippen LogP contribution in [0.1, 0.15) is 25.8 Å². The topological polar surface area (TPSA) is 36.4 Å². The van der Waals surface area contributed by atoms with Gasteiger partial charge in [0.2, 0.25) is 0 Å². The van der Waals surface area contributed by atoms with E-state index in [1.165, 1.54) is 12.1 Å². The van der Waals surface area contributed by atoms with Crippen molar-refractivity contribution in [2.24, 2.45) is 4.99 Å². The Balaban J connectivity index is 0.00000289. The molecule has 1 atom stereocenters. The number of nitrogens with zero attached hydrogens (tertiary/aromatic N) is 1. The van der Waals surface area contributed by atoms with Gasteiger partial charge in [-0.3, -0.25) is 4.99 Å². The van der Waals surface area contributed by atoms with Gasteiger partial charge in [0.05, 0.1) is 0 Å². The summed E-state index contributed by atoms with van der Waals surface area (Å²) in [5.41, 5.74) is 1.03. The van der Waals surface area contributed by atoms with E-state index in [4.69, 9.17) is 0 Å². The van der Waals surface area contributed by atoms with Crippen molar-refractivity contribution < 1.29 is 4.39 Å². The van der Waals surface area contributed by atoms with Crippen molar-refractivity contribution in [1.29, 1.82) is 0 Å². The largest absolute Gasteiger partial charge is 0.354 e. The van der Waals surface area contributed by atoms with Crippen molar-refractivity contribution in [2.45, 2.75) is 32.9 Å². The fraction of sp³-hybridized carbons (Fsp3) is 0.462. The van der Waals surface area contributed by atoms with Gasteiger partial charge in [0.1, 0.15) is 5.82 Å². The molecule has 0 bridgehead atoms. The maximum absolute atomic E-state index is 12.7. The third kappa shape index (κ3) is 6.18. The highest BCUT2D eigenvalue weighted by molar-refractivity contribution is 14.0.